The highest BCUT2D eigenvalue weighted by molar-refractivity contribution is 5.36. The van der Waals surface area contributed by atoms with Gasteiger partial charge in [0.15, 0.2) is 0 Å². The summed E-state index contributed by atoms with van der Waals surface area (Å²) >= 11 is 0. The van der Waals surface area contributed by atoms with Crippen LogP contribution in [0.2, 0.25) is 0 Å². The van der Waals surface area contributed by atoms with Crippen molar-refractivity contribution in [2.75, 3.05) is 13.1 Å². The van der Waals surface area contributed by atoms with Crippen molar-refractivity contribution in [2.24, 2.45) is 5.73 Å². The van der Waals surface area contributed by atoms with Gasteiger partial charge in [0, 0.05) is 5.70 Å². The predicted molar refractivity (Wildman–Crippen MR) is 57.3 cm³/mol. The van der Waals surface area contributed by atoms with Crippen LogP contribution in [-0.4, -0.2) is 13.1 Å². The van der Waals surface area contributed by atoms with Crippen molar-refractivity contribution in [1.82, 2.24) is 5.32 Å². The van der Waals surface area contributed by atoms with Crippen LogP contribution in [0.5, 0.6) is 0 Å². The third-order valence-electron chi connectivity index (χ3n) is 2.26. The summed E-state index contributed by atoms with van der Waals surface area (Å²) in [5.74, 6) is 0. The Labute approximate surface area is 80.2 Å². The quantitative estimate of drug-likeness (QED) is 0.641. The lowest BCUT2D eigenvalue weighted by molar-refractivity contribution is 0.717. The number of hydrogen-bond donors (Lipinski definition) is 2. The molecule has 0 aliphatic carbocycles. The van der Waals surface area contributed by atoms with Crippen LogP contribution in [0.25, 0.3) is 0 Å². The molecule has 0 unspecified atom stereocenters. The summed E-state index contributed by atoms with van der Waals surface area (Å²) < 4.78 is 0. The van der Waals surface area contributed by atoms with Gasteiger partial charge in [-0.2, -0.15) is 0 Å². The summed E-state index contributed by atoms with van der Waals surface area (Å²) in [5.41, 5.74) is 8.95. The van der Waals surface area contributed by atoms with Crippen molar-refractivity contribution in [3.05, 3.63) is 35.6 Å². The molecule has 0 aromatic carbocycles. The first-order valence-electron chi connectivity index (χ1n) is 4.75. The Balaban J connectivity index is 2.83. The van der Waals surface area contributed by atoms with Gasteiger partial charge in [-0.1, -0.05) is 12.7 Å². The predicted octanol–water partition coefficient (Wildman–Crippen LogP) is 1.71. The highest BCUT2D eigenvalue weighted by Crippen LogP contribution is 2.19. The Morgan fingerprint density at radius 2 is 2.00 bits per heavy atom. The van der Waals surface area contributed by atoms with E-state index in [0.717, 1.165) is 25.9 Å². The first kappa shape index (κ1) is 10.1. The second-order valence-electron chi connectivity index (χ2n) is 3.31. The number of allylic oxidation sites excluding steroid dienone is 2. The van der Waals surface area contributed by atoms with Gasteiger partial charge >= 0.3 is 0 Å². The van der Waals surface area contributed by atoms with Crippen LogP contribution in [0, 0.1) is 0 Å². The molecule has 0 aromatic rings. The third kappa shape index (κ3) is 3.07. The molecule has 1 saturated heterocycles. The average molecular weight is 178 g/mol. The van der Waals surface area contributed by atoms with E-state index in [2.05, 4.69) is 24.9 Å². The van der Waals surface area contributed by atoms with Gasteiger partial charge in [-0.25, -0.2) is 0 Å². The van der Waals surface area contributed by atoms with Crippen molar-refractivity contribution in [1.29, 1.82) is 0 Å². The van der Waals surface area contributed by atoms with Crippen LogP contribution >= 0.6 is 0 Å². The molecule has 1 heterocycles. The van der Waals surface area contributed by atoms with Gasteiger partial charge in [0.05, 0.1) is 0 Å². The molecule has 0 radical (unpaired) electrons. The zero-order valence-electron chi connectivity index (χ0n) is 8.27. The molecule has 0 saturated carbocycles. The minimum Gasteiger partial charge on any atom is -0.399 e. The van der Waals surface area contributed by atoms with E-state index in [1.165, 1.54) is 11.1 Å². The molecular weight excluding hydrogens is 160 g/mol. The van der Waals surface area contributed by atoms with Gasteiger partial charge in [0.25, 0.3) is 0 Å². The molecule has 2 nitrogen and oxygen atoms in total. The van der Waals surface area contributed by atoms with E-state index in [0.29, 0.717) is 5.70 Å². The van der Waals surface area contributed by atoms with Crippen LogP contribution in [-0.2, 0) is 0 Å². The van der Waals surface area contributed by atoms with Crippen molar-refractivity contribution < 1.29 is 0 Å². The number of nitrogens with one attached hydrogen (secondary N) is 1. The Kier molecular flexibility index (Phi) is 3.77. The maximum Gasteiger partial charge on any atom is 0.0243 e. The largest absolute Gasteiger partial charge is 0.399 e. The molecule has 1 rings (SSSR count). The molecule has 1 aliphatic rings. The molecule has 0 spiro atoms. The lowest BCUT2D eigenvalue weighted by atomic mass is 10.0. The van der Waals surface area contributed by atoms with Crippen LogP contribution in [0.15, 0.2) is 35.6 Å². The standard InChI is InChI=1S/C11H18N2/c1-3-10-4-6-13-7-5-11(10)8-9(2)12/h3,8,13H,2,4-7,12H2,1H3/b10-3?,11-8-. The van der Waals surface area contributed by atoms with E-state index in [9.17, 15) is 0 Å². The smallest absolute Gasteiger partial charge is 0.0243 e. The summed E-state index contributed by atoms with van der Waals surface area (Å²) in [5, 5.41) is 3.36. The Morgan fingerprint density at radius 1 is 1.38 bits per heavy atom. The van der Waals surface area contributed by atoms with Crippen molar-refractivity contribution in [3.63, 3.8) is 0 Å². The topological polar surface area (TPSA) is 38.0 Å². The van der Waals surface area contributed by atoms with Crippen molar-refractivity contribution >= 4 is 0 Å². The monoisotopic (exact) mass is 178 g/mol. The molecule has 72 valence electrons. The summed E-state index contributed by atoms with van der Waals surface area (Å²) in [6.07, 6.45) is 6.30. The molecular formula is C11H18N2. The summed E-state index contributed by atoms with van der Waals surface area (Å²) in [6.45, 7) is 7.88. The fourth-order valence-electron chi connectivity index (χ4n) is 1.61. The Bertz CT molecular complexity index is 249. The average Bonchev–Trinajstić information content (AvgIpc) is 2.28. The first-order chi connectivity index (χ1) is 6.24. The highest BCUT2D eigenvalue weighted by Gasteiger charge is 2.08. The first-order valence-corrected chi connectivity index (χ1v) is 4.75. The van der Waals surface area contributed by atoms with Crippen LogP contribution in [0.3, 0.4) is 0 Å². The van der Waals surface area contributed by atoms with Gasteiger partial charge in [-0.05, 0) is 50.1 Å². The molecule has 1 fully saturated rings. The van der Waals surface area contributed by atoms with Gasteiger partial charge in [-0.15, -0.1) is 0 Å². The zero-order chi connectivity index (χ0) is 9.68. The summed E-state index contributed by atoms with van der Waals surface area (Å²) in [6, 6.07) is 0. The normalized spacial score (nSPS) is 24.7. The van der Waals surface area contributed by atoms with Crippen molar-refractivity contribution in [3.8, 4) is 0 Å². The number of rotatable bonds is 1. The van der Waals surface area contributed by atoms with Gasteiger partial charge < -0.3 is 11.1 Å². The molecule has 0 amide bonds. The van der Waals surface area contributed by atoms with E-state index in [1.54, 1.807) is 0 Å². The maximum atomic E-state index is 5.57. The van der Waals surface area contributed by atoms with Crippen LogP contribution < -0.4 is 11.1 Å². The van der Waals surface area contributed by atoms with Gasteiger partial charge in [0.2, 0.25) is 0 Å². The molecule has 0 bridgehead atoms. The van der Waals surface area contributed by atoms with E-state index in [1.807, 2.05) is 6.08 Å². The Morgan fingerprint density at radius 3 is 2.54 bits per heavy atom. The second-order valence-corrected chi connectivity index (χ2v) is 3.31. The van der Waals surface area contributed by atoms with Crippen LogP contribution in [0.4, 0.5) is 0 Å². The second kappa shape index (κ2) is 4.87. The lowest BCUT2D eigenvalue weighted by Gasteiger charge is -2.06. The van der Waals surface area contributed by atoms with E-state index < -0.39 is 0 Å². The lowest BCUT2D eigenvalue weighted by Crippen LogP contribution is -2.13. The molecule has 3 N–H and O–H groups in total. The minimum atomic E-state index is 0.649. The Hall–Kier alpha value is -1.02. The fourth-order valence-corrected chi connectivity index (χ4v) is 1.61. The fraction of sp³-hybridized carbons (Fsp3) is 0.455. The van der Waals surface area contributed by atoms with Gasteiger partial charge in [-0.3, -0.25) is 0 Å². The van der Waals surface area contributed by atoms with Gasteiger partial charge in [0.1, 0.15) is 0 Å². The third-order valence-corrected chi connectivity index (χ3v) is 2.26. The molecule has 0 aromatic heterocycles. The number of nitrogens with two attached hydrogens (primary N) is 1. The maximum absolute atomic E-state index is 5.57. The molecule has 2 heteroatoms. The van der Waals surface area contributed by atoms with E-state index in [4.69, 9.17) is 5.73 Å². The molecule has 0 atom stereocenters. The summed E-state index contributed by atoms with van der Waals surface area (Å²) in [7, 11) is 0. The highest BCUT2D eigenvalue weighted by atomic mass is 14.8. The minimum absolute atomic E-state index is 0.649. The molecule has 13 heavy (non-hydrogen) atoms. The van der Waals surface area contributed by atoms with E-state index in [-0.39, 0.29) is 0 Å². The molecule has 1 aliphatic heterocycles. The number of hydrogen-bond acceptors (Lipinski definition) is 2. The zero-order valence-corrected chi connectivity index (χ0v) is 8.27. The van der Waals surface area contributed by atoms with E-state index >= 15 is 0 Å². The van der Waals surface area contributed by atoms with Crippen molar-refractivity contribution in [2.45, 2.75) is 19.8 Å². The SMILES string of the molecule is C=C(N)/C=C1/CCNCCC1=CC. The summed E-state index contributed by atoms with van der Waals surface area (Å²) in [4.78, 5) is 0. The van der Waals surface area contributed by atoms with Crippen LogP contribution in [0.1, 0.15) is 19.8 Å².